The Labute approximate surface area is 156 Å². The number of rotatable bonds is 6. The molecule has 1 aliphatic carbocycles. The number of carbonyl (C=O) groups excluding carboxylic acids is 1. The topological polar surface area (TPSA) is 26.3 Å². The van der Waals surface area contributed by atoms with Gasteiger partial charge in [0.25, 0.3) is 0 Å². The van der Waals surface area contributed by atoms with E-state index < -0.39 is 0 Å². The molecule has 0 amide bonds. The van der Waals surface area contributed by atoms with Crippen molar-refractivity contribution < 1.29 is 9.53 Å². The maximum absolute atomic E-state index is 11.0. The minimum atomic E-state index is -0.266. The van der Waals surface area contributed by atoms with Crippen molar-refractivity contribution >= 4 is 37.8 Å². The Morgan fingerprint density at radius 2 is 1.78 bits per heavy atom. The maximum Gasteiger partial charge on any atom is 0.308 e. The SMILES string of the molecule is CCCC(Br)C(Br)C1CCC(c2ccc(OC(C)=O)cc2)CC1. The predicted molar refractivity (Wildman–Crippen MR) is 103 cm³/mol. The molecule has 4 heteroatoms. The van der Waals surface area contributed by atoms with Crippen LogP contribution in [0.2, 0.25) is 0 Å². The van der Waals surface area contributed by atoms with E-state index >= 15 is 0 Å². The van der Waals surface area contributed by atoms with E-state index in [9.17, 15) is 4.79 Å². The van der Waals surface area contributed by atoms with E-state index in [-0.39, 0.29) is 5.97 Å². The lowest BCUT2D eigenvalue weighted by atomic mass is 9.77. The molecule has 2 unspecified atom stereocenters. The van der Waals surface area contributed by atoms with Crippen LogP contribution in [0.4, 0.5) is 0 Å². The summed E-state index contributed by atoms with van der Waals surface area (Å²) in [4.78, 5) is 12.1. The predicted octanol–water partition coefficient (Wildman–Crippen LogP) is 6.21. The van der Waals surface area contributed by atoms with E-state index in [1.54, 1.807) is 0 Å². The van der Waals surface area contributed by atoms with E-state index in [0.717, 1.165) is 5.92 Å². The van der Waals surface area contributed by atoms with Crippen LogP contribution in [0, 0.1) is 5.92 Å². The molecule has 0 radical (unpaired) electrons. The van der Waals surface area contributed by atoms with Crippen LogP contribution < -0.4 is 4.74 Å². The summed E-state index contributed by atoms with van der Waals surface area (Å²) in [6.07, 6.45) is 7.49. The van der Waals surface area contributed by atoms with Crippen LogP contribution in [-0.2, 0) is 4.79 Å². The molecule has 1 aliphatic rings. The summed E-state index contributed by atoms with van der Waals surface area (Å²) in [5, 5.41) is 0. The van der Waals surface area contributed by atoms with Gasteiger partial charge in [-0.05, 0) is 61.6 Å². The molecule has 1 aromatic carbocycles. The molecule has 2 nitrogen and oxygen atoms in total. The van der Waals surface area contributed by atoms with Crippen molar-refractivity contribution in [1.29, 1.82) is 0 Å². The Kier molecular flexibility index (Phi) is 7.61. The monoisotopic (exact) mass is 444 g/mol. The lowest BCUT2D eigenvalue weighted by Crippen LogP contribution is -2.27. The van der Waals surface area contributed by atoms with E-state index in [2.05, 4.69) is 50.9 Å². The van der Waals surface area contributed by atoms with Gasteiger partial charge < -0.3 is 4.74 Å². The Morgan fingerprint density at radius 3 is 2.30 bits per heavy atom. The third-order valence-electron chi connectivity index (χ3n) is 4.75. The van der Waals surface area contributed by atoms with Gasteiger partial charge in [0.15, 0.2) is 0 Å². The van der Waals surface area contributed by atoms with Crippen LogP contribution in [0.1, 0.15) is 63.9 Å². The fourth-order valence-electron chi connectivity index (χ4n) is 3.48. The first-order valence-electron chi connectivity index (χ1n) is 8.57. The third-order valence-corrected chi connectivity index (χ3v) is 7.87. The van der Waals surface area contributed by atoms with E-state index in [1.165, 1.54) is 51.0 Å². The van der Waals surface area contributed by atoms with Gasteiger partial charge in [0.1, 0.15) is 5.75 Å². The lowest BCUT2D eigenvalue weighted by molar-refractivity contribution is -0.131. The van der Waals surface area contributed by atoms with E-state index in [1.807, 2.05) is 12.1 Å². The molecule has 0 spiro atoms. The minimum absolute atomic E-state index is 0.266. The quantitative estimate of drug-likeness (QED) is 0.295. The van der Waals surface area contributed by atoms with Gasteiger partial charge in [-0.25, -0.2) is 0 Å². The van der Waals surface area contributed by atoms with Crippen LogP contribution in [0.3, 0.4) is 0 Å². The molecular formula is C19H26Br2O2. The second-order valence-corrected chi connectivity index (χ2v) is 8.76. The van der Waals surface area contributed by atoms with Gasteiger partial charge in [-0.1, -0.05) is 57.3 Å². The second-order valence-electron chi connectivity index (χ2n) is 6.52. The summed E-state index contributed by atoms with van der Waals surface area (Å²) < 4.78 is 5.10. The first-order valence-corrected chi connectivity index (χ1v) is 10.4. The summed E-state index contributed by atoms with van der Waals surface area (Å²) in [6, 6.07) is 8.04. The first kappa shape index (κ1) is 19.0. The molecular weight excluding hydrogens is 420 g/mol. The summed E-state index contributed by atoms with van der Waals surface area (Å²) in [5.74, 6) is 1.77. The summed E-state index contributed by atoms with van der Waals surface area (Å²) in [6.45, 7) is 3.67. The molecule has 0 aromatic heterocycles. The molecule has 0 heterocycles. The number of halogens is 2. The number of hydrogen-bond donors (Lipinski definition) is 0. The molecule has 1 saturated carbocycles. The van der Waals surface area contributed by atoms with Crippen molar-refractivity contribution in [3.8, 4) is 5.75 Å². The summed E-state index contributed by atoms with van der Waals surface area (Å²) in [5.41, 5.74) is 1.37. The van der Waals surface area contributed by atoms with Crippen LogP contribution in [0.15, 0.2) is 24.3 Å². The molecule has 23 heavy (non-hydrogen) atoms. The fourth-order valence-corrected chi connectivity index (χ4v) is 5.16. The molecule has 128 valence electrons. The van der Waals surface area contributed by atoms with Gasteiger partial charge in [-0.2, -0.15) is 0 Å². The van der Waals surface area contributed by atoms with Crippen molar-refractivity contribution in [3.05, 3.63) is 29.8 Å². The summed E-state index contributed by atoms with van der Waals surface area (Å²) >= 11 is 7.76. The van der Waals surface area contributed by atoms with Crippen LogP contribution in [0.5, 0.6) is 5.75 Å². The van der Waals surface area contributed by atoms with Crippen molar-refractivity contribution in [2.24, 2.45) is 5.92 Å². The highest BCUT2D eigenvalue weighted by Crippen LogP contribution is 2.41. The fraction of sp³-hybridized carbons (Fsp3) is 0.632. The Morgan fingerprint density at radius 1 is 1.17 bits per heavy atom. The average molecular weight is 446 g/mol. The largest absolute Gasteiger partial charge is 0.427 e. The lowest BCUT2D eigenvalue weighted by Gasteiger charge is -2.33. The highest BCUT2D eigenvalue weighted by molar-refractivity contribution is 9.12. The highest BCUT2D eigenvalue weighted by atomic mass is 79.9. The Bertz CT molecular complexity index is 493. The molecule has 0 N–H and O–H groups in total. The Balaban J connectivity index is 1.87. The van der Waals surface area contributed by atoms with Gasteiger partial charge in [-0.15, -0.1) is 0 Å². The number of esters is 1. The zero-order chi connectivity index (χ0) is 16.8. The second kappa shape index (κ2) is 9.22. The van der Waals surface area contributed by atoms with Crippen molar-refractivity contribution in [2.75, 3.05) is 0 Å². The van der Waals surface area contributed by atoms with Gasteiger partial charge in [0.05, 0.1) is 0 Å². The number of hydrogen-bond acceptors (Lipinski definition) is 2. The standard InChI is InChI=1S/C19H26Br2O2/c1-3-4-18(20)19(21)16-7-5-14(6-8-16)15-9-11-17(12-10-15)23-13(2)22/h9-12,14,16,18-19H,3-8H2,1-2H3. The van der Waals surface area contributed by atoms with Crippen molar-refractivity contribution in [1.82, 2.24) is 0 Å². The molecule has 0 bridgehead atoms. The van der Waals surface area contributed by atoms with Crippen LogP contribution >= 0.6 is 31.9 Å². The third kappa shape index (κ3) is 5.60. The smallest absolute Gasteiger partial charge is 0.308 e. The molecule has 2 atom stereocenters. The molecule has 1 fully saturated rings. The van der Waals surface area contributed by atoms with Crippen LogP contribution in [0.25, 0.3) is 0 Å². The number of alkyl halides is 2. The van der Waals surface area contributed by atoms with Gasteiger partial charge in [0, 0.05) is 16.6 Å². The molecule has 2 rings (SSSR count). The zero-order valence-corrected chi connectivity index (χ0v) is 17.1. The molecule has 1 aromatic rings. The van der Waals surface area contributed by atoms with Gasteiger partial charge >= 0.3 is 5.97 Å². The van der Waals surface area contributed by atoms with Gasteiger partial charge in [-0.3, -0.25) is 4.79 Å². The number of carbonyl (C=O) groups is 1. The normalized spacial score (nSPS) is 24.0. The number of benzene rings is 1. The average Bonchev–Trinajstić information content (AvgIpc) is 2.55. The highest BCUT2D eigenvalue weighted by Gasteiger charge is 2.30. The molecule has 0 saturated heterocycles. The maximum atomic E-state index is 11.0. The Hall–Kier alpha value is -0.350. The number of ether oxygens (including phenoxy) is 1. The summed E-state index contributed by atoms with van der Waals surface area (Å²) in [7, 11) is 0. The van der Waals surface area contributed by atoms with Crippen molar-refractivity contribution in [2.45, 2.75) is 67.9 Å². The van der Waals surface area contributed by atoms with E-state index in [0.29, 0.717) is 21.3 Å². The van der Waals surface area contributed by atoms with E-state index in [4.69, 9.17) is 4.74 Å². The van der Waals surface area contributed by atoms with Gasteiger partial charge in [0.2, 0.25) is 0 Å². The molecule has 0 aliphatic heterocycles. The van der Waals surface area contributed by atoms with Crippen molar-refractivity contribution in [3.63, 3.8) is 0 Å². The van der Waals surface area contributed by atoms with Crippen LogP contribution in [-0.4, -0.2) is 15.6 Å². The zero-order valence-electron chi connectivity index (χ0n) is 13.9. The minimum Gasteiger partial charge on any atom is -0.427 e. The first-order chi connectivity index (χ1) is 11.0.